The number of fused-ring (bicyclic) bond motifs is 1. The van der Waals surface area contributed by atoms with Gasteiger partial charge >= 0.3 is 5.97 Å². The number of anilines is 1. The van der Waals surface area contributed by atoms with Crippen LogP contribution in [0.15, 0.2) is 71.1 Å². The van der Waals surface area contributed by atoms with Gasteiger partial charge in [-0.05, 0) is 73.4 Å². The second-order valence-electron chi connectivity index (χ2n) is 8.72. The molecule has 4 aromatic rings. The molecule has 0 saturated heterocycles. The van der Waals surface area contributed by atoms with E-state index in [0.717, 1.165) is 5.56 Å². The molecule has 200 valence electrons. The lowest BCUT2D eigenvalue weighted by Gasteiger charge is -2.21. The van der Waals surface area contributed by atoms with Crippen LogP contribution in [0.3, 0.4) is 0 Å². The van der Waals surface area contributed by atoms with Gasteiger partial charge in [-0.25, -0.2) is 9.18 Å². The highest BCUT2D eigenvalue weighted by molar-refractivity contribution is 5.76. The zero-order chi connectivity index (χ0) is 26.9. The quantitative estimate of drug-likeness (QED) is 0.210. The van der Waals surface area contributed by atoms with E-state index in [1.807, 2.05) is 41.3 Å². The van der Waals surface area contributed by atoms with Gasteiger partial charge in [-0.15, -0.1) is 0 Å². The van der Waals surface area contributed by atoms with Crippen LogP contribution in [-0.4, -0.2) is 49.0 Å². The lowest BCUT2D eigenvalue weighted by molar-refractivity contribution is -0.145. The van der Waals surface area contributed by atoms with Crippen LogP contribution in [0, 0.1) is 5.82 Å². The second kappa shape index (κ2) is 12.8. The fraction of sp³-hybridized carbons (Fsp3) is 0.310. The lowest BCUT2D eigenvalue weighted by Crippen LogP contribution is -2.28. The van der Waals surface area contributed by atoms with Gasteiger partial charge in [0.2, 0.25) is 0 Å². The summed E-state index contributed by atoms with van der Waals surface area (Å²) in [6.45, 7) is 3.42. The van der Waals surface area contributed by atoms with Gasteiger partial charge in [0.25, 0.3) is 6.01 Å². The largest absolute Gasteiger partial charge is 0.497 e. The molecule has 0 saturated carbocycles. The standard InChI is InChI=1S/C29H31FN2O6/c1-3-26(28(33)34)37-24-7-4-6-20(18-24)14-16-32(15-5-17-36-22-10-8-21(30)9-11-22)29-31-25-19-23(35-2)12-13-27(25)38-29/h4,6-13,18-19,26H,3,5,14-17H2,1-2H3,(H,33,34). The molecule has 1 N–H and O–H groups in total. The fourth-order valence-electron chi connectivity index (χ4n) is 3.95. The molecule has 4 rings (SSSR count). The van der Waals surface area contributed by atoms with Gasteiger partial charge in [0, 0.05) is 19.2 Å². The smallest absolute Gasteiger partial charge is 0.344 e. The summed E-state index contributed by atoms with van der Waals surface area (Å²) in [6.07, 6.45) is 0.816. The Labute approximate surface area is 220 Å². The monoisotopic (exact) mass is 522 g/mol. The van der Waals surface area contributed by atoms with Gasteiger partial charge in [0.05, 0.1) is 13.7 Å². The third-order valence-corrected chi connectivity index (χ3v) is 6.00. The Morgan fingerprint density at radius 3 is 2.58 bits per heavy atom. The fourth-order valence-corrected chi connectivity index (χ4v) is 3.95. The van der Waals surface area contributed by atoms with Gasteiger partial charge in [-0.1, -0.05) is 19.1 Å². The van der Waals surface area contributed by atoms with Crippen molar-refractivity contribution in [1.29, 1.82) is 0 Å². The number of carboxylic acids is 1. The lowest BCUT2D eigenvalue weighted by atomic mass is 10.1. The van der Waals surface area contributed by atoms with Crippen molar-refractivity contribution in [3.8, 4) is 17.2 Å². The molecule has 9 heteroatoms. The van der Waals surface area contributed by atoms with Crippen LogP contribution in [0.1, 0.15) is 25.3 Å². The van der Waals surface area contributed by atoms with E-state index in [9.17, 15) is 14.3 Å². The highest BCUT2D eigenvalue weighted by atomic mass is 19.1. The van der Waals surface area contributed by atoms with Crippen LogP contribution < -0.4 is 19.1 Å². The SMILES string of the molecule is CCC(Oc1cccc(CCN(CCCOc2ccc(F)cc2)c2nc3cc(OC)ccc3o2)c1)C(=O)O. The first-order chi connectivity index (χ1) is 18.4. The van der Waals surface area contributed by atoms with Gasteiger partial charge < -0.3 is 28.6 Å². The summed E-state index contributed by atoms with van der Waals surface area (Å²) in [5, 5.41) is 9.30. The predicted octanol–water partition coefficient (Wildman–Crippen LogP) is 5.74. The summed E-state index contributed by atoms with van der Waals surface area (Å²) in [4.78, 5) is 18.1. The van der Waals surface area contributed by atoms with Crippen molar-refractivity contribution in [2.45, 2.75) is 32.3 Å². The van der Waals surface area contributed by atoms with Crippen molar-refractivity contribution in [3.05, 3.63) is 78.1 Å². The van der Waals surface area contributed by atoms with Gasteiger partial charge in [-0.2, -0.15) is 4.98 Å². The molecule has 1 aromatic heterocycles. The summed E-state index contributed by atoms with van der Waals surface area (Å²) in [7, 11) is 1.60. The molecule has 8 nitrogen and oxygen atoms in total. The van der Waals surface area contributed by atoms with Crippen LogP contribution in [-0.2, 0) is 11.2 Å². The Morgan fingerprint density at radius 1 is 1.05 bits per heavy atom. The Morgan fingerprint density at radius 2 is 1.84 bits per heavy atom. The number of benzene rings is 3. The number of methoxy groups -OCH3 is 1. The number of oxazole rings is 1. The molecular weight excluding hydrogens is 491 g/mol. The maximum absolute atomic E-state index is 13.1. The van der Waals surface area contributed by atoms with Crippen LogP contribution in [0.5, 0.6) is 17.2 Å². The summed E-state index contributed by atoms with van der Waals surface area (Å²) in [5.41, 5.74) is 2.35. The number of rotatable bonds is 14. The van der Waals surface area contributed by atoms with E-state index in [-0.39, 0.29) is 5.82 Å². The summed E-state index contributed by atoms with van der Waals surface area (Å²) < 4.78 is 35.9. The molecule has 0 aliphatic heterocycles. The maximum Gasteiger partial charge on any atom is 0.344 e. The molecule has 0 amide bonds. The molecule has 3 aromatic carbocycles. The number of hydrogen-bond donors (Lipinski definition) is 1. The van der Waals surface area contributed by atoms with Crippen LogP contribution >= 0.6 is 0 Å². The van der Waals surface area contributed by atoms with Crippen molar-refractivity contribution in [3.63, 3.8) is 0 Å². The van der Waals surface area contributed by atoms with Crippen molar-refractivity contribution < 1.29 is 32.9 Å². The molecule has 0 aliphatic rings. The van der Waals surface area contributed by atoms with E-state index < -0.39 is 12.1 Å². The van der Waals surface area contributed by atoms with E-state index >= 15 is 0 Å². The first-order valence-corrected chi connectivity index (χ1v) is 12.5. The molecule has 0 aliphatic carbocycles. The van der Waals surface area contributed by atoms with Gasteiger partial charge in [-0.3, -0.25) is 0 Å². The molecule has 0 radical (unpaired) electrons. The Balaban J connectivity index is 1.45. The van der Waals surface area contributed by atoms with Gasteiger partial charge in [0.15, 0.2) is 11.7 Å². The number of hydrogen-bond acceptors (Lipinski definition) is 7. The van der Waals surface area contributed by atoms with Crippen molar-refractivity contribution in [2.24, 2.45) is 0 Å². The molecular formula is C29H31FN2O6. The van der Waals surface area contributed by atoms with Crippen molar-refractivity contribution in [1.82, 2.24) is 4.98 Å². The molecule has 1 heterocycles. The molecule has 1 atom stereocenters. The Hall–Kier alpha value is -4.27. The minimum Gasteiger partial charge on any atom is -0.497 e. The van der Waals surface area contributed by atoms with Crippen LogP contribution in [0.4, 0.5) is 10.4 Å². The highest BCUT2D eigenvalue weighted by Crippen LogP contribution is 2.26. The average molecular weight is 523 g/mol. The number of aliphatic carboxylic acids is 1. The average Bonchev–Trinajstić information content (AvgIpc) is 3.35. The van der Waals surface area contributed by atoms with E-state index in [1.165, 1.54) is 12.1 Å². The first kappa shape index (κ1) is 26.8. The van der Waals surface area contributed by atoms with Gasteiger partial charge in [0.1, 0.15) is 28.6 Å². The number of aromatic nitrogens is 1. The Bertz CT molecular complexity index is 1340. The van der Waals surface area contributed by atoms with E-state index in [4.69, 9.17) is 18.6 Å². The summed E-state index contributed by atoms with van der Waals surface area (Å²) in [5.74, 6) is 0.527. The van der Waals surface area contributed by atoms with Crippen molar-refractivity contribution in [2.75, 3.05) is 31.7 Å². The maximum atomic E-state index is 13.1. The van der Waals surface area contributed by atoms with Crippen LogP contribution in [0.25, 0.3) is 11.1 Å². The third-order valence-electron chi connectivity index (χ3n) is 6.00. The third kappa shape index (κ3) is 7.15. The molecule has 38 heavy (non-hydrogen) atoms. The first-order valence-electron chi connectivity index (χ1n) is 12.5. The highest BCUT2D eigenvalue weighted by Gasteiger charge is 2.18. The van der Waals surface area contributed by atoms with E-state index in [0.29, 0.717) is 73.3 Å². The number of halogens is 1. The molecule has 0 fully saturated rings. The molecule has 0 spiro atoms. The van der Waals surface area contributed by atoms with Crippen LogP contribution in [0.2, 0.25) is 0 Å². The van der Waals surface area contributed by atoms with Crippen molar-refractivity contribution >= 4 is 23.1 Å². The minimum atomic E-state index is -0.987. The normalized spacial score (nSPS) is 11.8. The molecule has 0 bridgehead atoms. The topological polar surface area (TPSA) is 94.3 Å². The summed E-state index contributed by atoms with van der Waals surface area (Å²) in [6, 6.07) is 19.3. The zero-order valence-corrected chi connectivity index (χ0v) is 21.4. The number of nitrogens with zero attached hydrogens (tertiary/aromatic N) is 2. The second-order valence-corrected chi connectivity index (χ2v) is 8.72. The number of ether oxygens (including phenoxy) is 3. The predicted molar refractivity (Wildman–Crippen MR) is 142 cm³/mol. The minimum absolute atomic E-state index is 0.307. The Kier molecular flexibility index (Phi) is 9.02. The molecule has 1 unspecified atom stereocenters. The summed E-state index contributed by atoms with van der Waals surface area (Å²) >= 11 is 0. The van der Waals surface area contributed by atoms with E-state index in [1.54, 1.807) is 32.2 Å². The number of carboxylic acid groups (broad SMARTS) is 1. The zero-order valence-electron chi connectivity index (χ0n) is 21.4. The number of carbonyl (C=O) groups is 1. The van der Waals surface area contributed by atoms with E-state index in [2.05, 4.69) is 4.98 Å².